The Balaban J connectivity index is 1.89. The van der Waals surface area contributed by atoms with Crippen molar-refractivity contribution in [1.29, 1.82) is 0 Å². The van der Waals surface area contributed by atoms with E-state index in [2.05, 4.69) is 4.74 Å². The SMILES string of the molecule is NC(=O)OCCC1CCC1. The smallest absolute Gasteiger partial charge is 0.404 e. The molecule has 58 valence electrons. The summed E-state index contributed by atoms with van der Waals surface area (Å²) in [5.74, 6) is 0.791. The Morgan fingerprint density at radius 3 is 2.70 bits per heavy atom. The molecule has 10 heavy (non-hydrogen) atoms. The van der Waals surface area contributed by atoms with Gasteiger partial charge in [0.25, 0.3) is 0 Å². The molecular weight excluding hydrogens is 130 g/mol. The topological polar surface area (TPSA) is 52.3 Å². The van der Waals surface area contributed by atoms with Crippen molar-refractivity contribution < 1.29 is 9.53 Å². The third-order valence-electron chi connectivity index (χ3n) is 2.00. The van der Waals surface area contributed by atoms with Crippen molar-refractivity contribution in [2.24, 2.45) is 11.7 Å². The number of carbonyl (C=O) groups is 1. The summed E-state index contributed by atoms with van der Waals surface area (Å²) in [7, 11) is 0. The van der Waals surface area contributed by atoms with Crippen molar-refractivity contribution in [3.05, 3.63) is 0 Å². The van der Waals surface area contributed by atoms with Gasteiger partial charge in [-0.3, -0.25) is 0 Å². The highest BCUT2D eigenvalue weighted by molar-refractivity contribution is 5.64. The van der Waals surface area contributed by atoms with Crippen LogP contribution in [0.3, 0.4) is 0 Å². The predicted molar refractivity (Wildman–Crippen MR) is 37.5 cm³/mol. The molecule has 1 rings (SSSR count). The fourth-order valence-electron chi connectivity index (χ4n) is 1.11. The van der Waals surface area contributed by atoms with Crippen LogP contribution in [-0.4, -0.2) is 12.7 Å². The molecule has 1 fully saturated rings. The van der Waals surface area contributed by atoms with Crippen molar-refractivity contribution >= 4 is 6.09 Å². The summed E-state index contributed by atoms with van der Waals surface area (Å²) in [5.41, 5.74) is 4.78. The highest BCUT2D eigenvalue weighted by Crippen LogP contribution is 2.28. The minimum Gasteiger partial charge on any atom is -0.450 e. The second kappa shape index (κ2) is 3.44. The Hall–Kier alpha value is -0.730. The van der Waals surface area contributed by atoms with Gasteiger partial charge in [0.15, 0.2) is 0 Å². The molecule has 0 saturated heterocycles. The van der Waals surface area contributed by atoms with Crippen LogP contribution in [0.1, 0.15) is 25.7 Å². The van der Waals surface area contributed by atoms with E-state index in [1.54, 1.807) is 0 Å². The lowest BCUT2D eigenvalue weighted by Gasteiger charge is -2.24. The van der Waals surface area contributed by atoms with Crippen molar-refractivity contribution in [3.63, 3.8) is 0 Å². The third kappa shape index (κ3) is 2.25. The summed E-state index contributed by atoms with van der Waals surface area (Å²) in [5, 5.41) is 0. The van der Waals surface area contributed by atoms with Crippen LogP contribution in [0, 0.1) is 5.92 Å². The molecule has 1 saturated carbocycles. The van der Waals surface area contributed by atoms with E-state index in [-0.39, 0.29) is 0 Å². The van der Waals surface area contributed by atoms with E-state index >= 15 is 0 Å². The quantitative estimate of drug-likeness (QED) is 0.646. The minimum atomic E-state index is -0.653. The van der Waals surface area contributed by atoms with Gasteiger partial charge < -0.3 is 10.5 Å². The first-order valence-electron chi connectivity index (χ1n) is 3.71. The molecular formula is C7H13NO2. The third-order valence-corrected chi connectivity index (χ3v) is 2.00. The van der Waals surface area contributed by atoms with Crippen molar-refractivity contribution in [1.82, 2.24) is 0 Å². The standard InChI is InChI=1S/C7H13NO2/c8-7(9)10-5-4-6-2-1-3-6/h6H,1-5H2,(H2,8,9). The van der Waals surface area contributed by atoms with Crippen molar-refractivity contribution in [2.75, 3.05) is 6.61 Å². The zero-order valence-corrected chi connectivity index (χ0v) is 6.01. The molecule has 0 aromatic rings. The van der Waals surface area contributed by atoms with Crippen LogP contribution < -0.4 is 5.73 Å². The monoisotopic (exact) mass is 143 g/mol. The minimum absolute atomic E-state index is 0.500. The molecule has 1 amide bonds. The molecule has 0 aromatic heterocycles. The van der Waals surface area contributed by atoms with Gasteiger partial charge in [0.2, 0.25) is 0 Å². The first-order chi connectivity index (χ1) is 4.79. The van der Waals surface area contributed by atoms with Gasteiger partial charge in [-0.2, -0.15) is 0 Å². The largest absolute Gasteiger partial charge is 0.450 e. The van der Waals surface area contributed by atoms with Crippen LogP contribution in [-0.2, 0) is 4.74 Å². The summed E-state index contributed by atoms with van der Waals surface area (Å²) in [4.78, 5) is 10.1. The Morgan fingerprint density at radius 1 is 1.60 bits per heavy atom. The van der Waals surface area contributed by atoms with Crippen LogP contribution in [0.25, 0.3) is 0 Å². The van der Waals surface area contributed by atoms with E-state index in [1.165, 1.54) is 19.3 Å². The van der Waals surface area contributed by atoms with Gasteiger partial charge in [-0.25, -0.2) is 4.79 Å². The van der Waals surface area contributed by atoms with E-state index in [9.17, 15) is 4.79 Å². The van der Waals surface area contributed by atoms with E-state index in [0.717, 1.165) is 12.3 Å². The molecule has 0 spiro atoms. The normalized spacial score (nSPS) is 18.0. The van der Waals surface area contributed by atoms with Crippen LogP contribution in [0.4, 0.5) is 4.79 Å². The van der Waals surface area contributed by atoms with E-state index in [0.29, 0.717) is 6.61 Å². The fourth-order valence-corrected chi connectivity index (χ4v) is 1.11. The molecule has 0 unspecified atom stereocenters. The van der Waals surface area contributed by atoms with Gasteiger partial charge in [0.1, 0.15) is 0 Å². The summed E-state index contributed by atoms with van der Waals surface area (Å²) >= 11 is 0. The Kier molecular flexibility index (Phi) is 2.54. The zero-order valence-electron chi connectivity index (χ0n) is 6.01. The second-order valence-corrected chi connectivity index (χ2v) is 2.75. The van der Waals surface area contributed by atoms with Gasteiger partial charge in [-0.15, -0.1) is 0 Å². The average Bonchev–Trinajstić information content (AvgIpc) is 1.75. The highest BCUT2D eigenvalue weighted by Gasteiger charge is 2.16. The summed E-state index contributed by atoms with van der Waals surface area (Å²) in [6.07, 6.45) is 4.26. The second-order valence-electron chi connectivity index (χ2n) is 2.75. The summed E-state index contributed by atoms with van der Waals surface area (Å²) in [6, 6.07) is 0. The Bertz CT molecular complexity index is 121. The first-order valence-corrected chi connectivity index (χ1v) is 3.71. The maximum absolute atomic E-state index is 10.1. The predicted octanol–water partition coefficient (Wildman–Crippen LogP) is 1.27. The van der Waals surface area contributed by atoms with Crippen LogP contribution in [0.2, 0.25) is 0 Å². The lowest BCUT2D eigenvalue weighted by Crippen LogP contribution is -2.18. The molecule has 3 heteroatoms. The maximum atomic E-state index is 10.1. The van der Waals surface area contributed by atoms with E-state index in [4.69, 9.17) is 5.73 Å². The van der Waals surface area contributed by atoms with E-state index in [1.807, 2.05) is 0 Å². The van der Waals surface area contributed by atoms with Crippen LogP contribution in [0.5, 0.6) is 0 Å². The zero-order chi connectivity index (χ0) is 7.40. The van der Waals surface area contributed by atoms with Crippen LogP contribution >= 0.6 is 0 Å². The first kappa shape index (κ1) is 7.38. The number of nitrogens with two attached hydrogens (primary N) is 1. The van der Waals surface area contributed by atoms with Gasteiger partial charge in [-0.1, -0.05) is 19.3 Å². The van der Waals surface area contributed by atoms with Crippen molar-refractivity contribution in [2.45, 2.75) is 25.7 Å². The molecule has 0 bridgehead atoms. The average molecular weight is 143 g/mol. The summed E-state index contributed by atoms with van der Waals surface area (Å²) in [6.45, 7) is 0.500. The number of primary amides is 1. The lowest BCUT2D eigenvalue weighted by molar-refractivity contribution is 0.138. The number of carbonyl (C=O) groups excluding carboxylic acids is 1. The molecule has 1 aliphatic rings. The molecule has 0 heterocycles. The molecule has 0 atom stereocenters. The van der Waals surface area contributed by atoms with Gasteiger partial charge in [0.05, 0.1) is 6.61 Å². The van der Waals surface area contributed by atoms with Gasteiger partial charge >= 0.3 is 6.09 Å². The maximum Gasteiger partial charge on any atom is 0.404 e. The van der Waals surface area contributed by atoms with E-state index < -0.39 is 6.09 Å². The lowest BCUT2D eigenvalue weighted by atomic mass is 9.83. The Morgan fingerprint density at radius 2 is 2.30 bits per heavy atom. The number of rotatable bonds is 3. The van der Waals surface area contributed by atoms with Gasteiger partial charge in [-0.05, 0) is 12.3 Å². The number of ether oxygens (including phenoxy) is 1. The van der Waals surface area contributed by atoms with Crippen molar-refractivity contribution in [3.8, 4) is 0 Å². The molecule has 3 nitrogen and oxygen atoms in total. The number of hydrogen-bond acceptors (Lipinski definition) is 2. The highest BCUT2D eigenvalue weighted by atomic mass is 16.5. The fraction of sp³-hybridized carbons (Fsp3) is 0.857. The number of amides is 1. The van der Waals surface area contributed by atoms with Crippen LogP contribution in [0.15, 0.2) is 0 Å². The molecule has 0 aromatic carbocycles. The van der Waals surface area contributed by atoms with Gasteiger partial charge in [0, 0.05) is 0 Å². The molecule has 1 aliphatic carbocycles. The Labute approximate surface area is 60.5 Å². The molecule has 0 radical (unpaired) electrons. The summed E-state index contributed by atoms with van der Waals surface area (Å²) < 4.78 is 4.59. The molecule has 0 aliphatic heterocycles. The molecule has 2 N–H and O–H groups in total. The number of hydrogen-bond donors (Lipinski definition) is 1.